The molecule has 1 aliphatic heterocycles. The summed E-state index contributed by atoms with van der Waals surface area (Å²) in [7, 11) is 0. The maximum Gasteiger partial charge on any atom is 0.227 e. The van der Waals surface area contributed by atoms with Crippen LogP contribution >= 0.6 is 0 Å². The maximum atomic E-state index is 12.5. The van der Waals surface area contributed by atoms with E-state index >= 15 is 0 Å². The van der Waals surface area contributed by atoms with Crippen molar-refractivity contribution in [3.63, 3.8) is 0 Å². The number of benzene rings is 2. The van der Waals surface area contributed by atoms with Gasteiger partial charge in [-0.3, -0.25) is 9.59 Å². The molecule has 1 saturated heterocycles. The lowest BCUT2D eigenvalue weighted by molar-refractivity contribution is -0.138. The number of amides is 2. The summed E-state index contributed by atoms with van der Waals surface area (Å²) in [5, 5.41) is 8.99. The largest absolute Gasteiger partial charge is 0.457 e. The van der Waals surface area contributed by atoms with Crippen molar-refractivity contribution < 1.29 is 14.3 Å². The highest BCUT2D eigenvalue weighted by Gasteiger charge is 2.22. The zero-order valence-electron chi connectivity index (χ0n) is 16.1. The number of piperazine rings is 1. The lowest BCUT2D eigenvalue weighted by Gasteiger charge is -2.34. The van der Waals surface area contributed by atoms with Gasteiger partial charge in [0.25, 0.3) is 0 Å². The van der Waals surface area contributed by atoms with Crippen LogP contribution in [-0.2, 0) is 16.0 Å². The fraction of sp³-hybridized carbons (Fsp3) is 0.318. The number of nitriles is 1. The first kappa shape index (κ1) is 19.4. The van der Waals surface area contributed by atoms with Crippen molar-refractivity contribution in [2.45, 2.75) is 20.3 Å². The van der Waals surface area contributed by atoms with Gasteiger partial charge in [0, 0.05) is 33.1 Å². The van der Waals surface area contributed by atoms with Gasteiger partial charge in [0.15, 0.2) is 0 Å². The van der Waals surface area contributed by atoms with Gasteiger partial charge in [0.1, 0.15) is 11.5 Å². The van der Waals surface area contributed by atoms with Gasteiger partial charge >= 0.3 is 0 Å². The number of nitrogens with zero attached hydrogens (tertiary/aromatic N) is 3. The molecular weight excluding hydrogens is 354 g/mol. The van der Waals surface area contributed by atoms with Gasteiger partial charge in [-0.1, -0.05) is 12.1 Å². The van der Waals surface area contributed by atoms with E-state index in [-0.39, 0.29) is 11.8 Å². The summed E-state index contributed by atoms with van der Waals surface area (Å²) >= 11 is 0. The molecule has 0 bridgehead atoms. The smallest absolute Gasteiger partial charge is 0.227 e. The molecule has 28 heavy (non-hydrogen) atoms. The molecule has 1 fully saturated rings. The van der Waals surface area contributed by atoms with Crippen LogP contribution in [0.15, 0.2) is 42.5 Å². The van der Waals surface area contributed by atoms with Crippen molar-refractivity contribution in [2.75, 3.05) is 26.2 Å². The average Bonchev–Trinajstić information content (AvgIpc) is 2.69. The van der Waals surface area contributed by atoms with Crippen molar-refractivity contribution >= 4 is 11.8 Å². The van der Waals surface area contributed by atoms with Crippen molar-refractivity contribution in [3.05, 3.63) is 59.2 Å². The van der Waals surface area contributed by atoms with Crippen molar-refractivity contribution in [1.82, 2.24) is 9.80 Å². The second-order valence-electron chi connectivity index (χ2n) is 6.90. The Hall–Kier alpha value is -3.33. The summed E-state index contributed by atoms with van der Waals surface area (Å²) in [4.78, 5) is 27.4. The predicted octanol–water partition coefficient (Wildman–Crippen LogP) is 2.89. The fourth-order valence-electron chi connectivity index (χ4n) is 3.19. The molecule has 2 amide bonds. The van der Waals surface area contributed by atoms with Crippen LogP contribution in [-0.4, -0.2) is 47.8 Å². The van der Waals surface area contributed by atoms with Gasteiger partial charge in [-0.05, 0) is 48.4 Å². The number of ether oxygens (including phenoxy) is 1. The van der Waals surface area contributed by atoms with Crippen LogP contribution in [0.1, 0.15) is 23.6 Å². The summed E-state index contributed by atoms with van der Waals surface area (Å²) in [5.41, 5.74) is 2.42. The van der Waals surface area contributed by atoms with Crippen molar-refractivity contribution in [2.24, 2.45) is 0 Å². The normalized spacial score (nSPS) is 13.8. The Balaban J connectivity index is 1.56. The van der Waals surface area contributed by atoms with Gasteiger partial charge in [-0.2, -0.15) is 5.26 Å². The van der Waals surface area contributed by atoms with Gasteiger partial charge in [-0.15, -0.1) is 0 Å². The average molecular weight is 377 g/mol. The van der Waals surface area contributed by atoms with Crippen LogP contribution in [0.4, 0.5) is 0 Å². The van der Waals surface area contributed by atoms with Crippen LogP contribution in [0.3, 0.4) is 0 Å². The van der Waals surface area contributed by atoms with Gasteiger partial charge in [0.2, 0.25) is 11.8 Å². The Kier molecular flexibility index (Phi) is 5.95. The molecule has 0 aromatic heterocycles. The lowest BCUT2D eigenvalue weighted by Crippen LogP contribution is -2.50. The number of hydrogen-bond donors (Lipinski definition) is 0. The van der Waals surface area contributed by atoms with E-state index in [9.17, 15) is 9.59 Å². The molecular formula is C22H23N3O3. The number of rotatable bonds is 4. The number of carbonyl (C=O) groups excluding carboxylic acids is 2. The molecule has 1 heterocycles. The second kappa shape index (κ2) is 8.57. The molecule has 6 heteroatoms. The highest BCUT2D eigenvalue weighted by atomic mass is 16.5. The molecule has 0 N–H and O–H groups in total. The predicted molar refractivity (Wildman–Crippen MR) is 105 cm³/mol. The van der Waals surface area contributed by atoms with Crippen LogP contribution < -0.4 is 4.74 Å². The monoisotopic (exact) mass is 377 g/mol. The van der Waals surface area contributed by atoms with E-state index < -0.39 is 0 Å². The second-order valence-corrected chi connectivity index (χ2v) is 6.90. The molecule has 0 spiro atoms. The molecule has 0 atom stereocenters. The molecule has 144 valence electrons. The zero-order chi connectivity index (χ0) is 20.1. The molecule has 0 saturated carbocycles. The van der Waals surface area contributed by atoms with Crippen LogP contribution in [0.2, 0.25) is 0 Å². The quantitative estimate of drug-likeness (QED) is 0.821. The third-order valence-electron chi connectivity index (χ3n) is 4.91. The highest BCUT2D eigenvalue weighted by Crippen LogP contribution is 2.24. The van der Waals surface area contributed by atoms with Crippen molar-refractivity contribution in [1.29, 1.82) is 5.26 Å². The fourth-order valence-corrected chi connectivity index (χ4v) is 3.19. The van der Waals surface area contributed by atoms with Crippen LogP contribution in [0.25, 0.3) is 0 Å². The summed E-state index contributed by atoms with van der Waals surface area (Å²) in [6.07, 6.45) is 0.330. The van der Waals surface area contributed by atoms with E-state index in [0.717, 1.165) is 11.1 Å². The van der Waals surface area contributed by atoms with Crippen LogP contribution in [0, 0.1) is 18.3 Å². The Bertz CT molecular complexity index is 908. The SMILES string of the molecule is CC(=O)N1CCN(C(=O)Cc2ccc(Oc3ccc(C#N)c(C)c3)cc2)CC1. The van der Waals surface area contributed by atoms with Crippen LogP contribution in [0.5, 0.6) is 11.5 Å². The molecule has 0 radical (unpaired) electrons. The number of aryl methyl sites for hydroxylation is 1. The minimum absolute atomic E-state index is 0.0557. The number of carbonyl (C=O) groups is 2. The molecule has 2 aromatic carbocycles. The standard InChI is InChI=1S/C22H23N3O3/c1-16-13-21(8-5-19(16)15-23)28-20-6-3-18(4-7-20)14-22(27)25-11-9-24(10-12-25)17(2)26/h3-8,13H,9-12,14H2,1-2H3. The van der Waals surface area contributed by atoms with E-state index in [1.165, 1.54) is 0 Å². The third-order valence-corrected chi connectivity index (χ3v) is 4.91. The minimum Gasteiger partial charge on any atom is -0.457 e. The van der Waals surface area contributed by atoms with Gasteiger partial charge in [-0.25, -0.2) is 0 Å². The Morgan fingerprint density at radius 3 is 2.18 bits per heavy atom. The molecule has 2 aromatic rings. The number of hydrogen-bond acceptors (Lipinski definition) is 4. The Morgan fingerprint density at radius 2 is 1.61 bits per heavy atom. The van der Waals surface area contributed by atoms with Gasteiger partial charge < -0.3 is 14.5 Å². The molecule has 0 aliphatic carbocycles. The topological polar surface area (TPSA) is 73.6 Å². The summed E-state index contributed by atoms with van der Waals surface area (Å²) in [6.45, 7) is 5.78. The summed E-state index contributed by atoms with van der Waals surface area (Å²) in [6, 6.07) is 14.9. The van der Waals surface area contributed by atoms with E-state index in [4.69, 9.17) is 10.00 Å². The van der Waals surface area contributed by atoms with E-state index in [1.807, 2.05) is 42.2 Å². The zero-order valence-corrected chi connectivity index (χ0v) is 16.1. The first-order valence-corrected chi connectivity index (χ1v) is 9.27. The first-order chi connectivity index (χ1) is 13.5. The van der Waals surface area contributed by atoms with Gasteiger partial charge in [0.05, 0.1) is 18.1 Å². The lowest BCUT2D eigenvalue weighted by atomic mass is 10.1. The first-order valence-electron chi connectivity index (χ1n) is 9.27. The molecule has 6 nitrogen and oxygen atoms in total. The maximum absolute atomic E-state index is 12.5. The highest BCUT2D eigenvalue weighted by molar-refractivity contribution is 5.79. The van der Waals surface area contributed by atoms with E-state index in [1.54, 1.807) is 24.0 Å². The third kappa shape index (κ3) is 4.68. The molecule has 3 rings (SSSR count). The molecule has 0 unspecified atom stereocenters. The Morgan fingerprint density at radius 1 is 1.00 bits per heavy atom. The Labute approximate surface area is 164 Å². The minimum atomic E-state index is 0.0557. The van der Waals surface area contributed by atoms with E-state index in [0.29, 0.717) is 49.7 Å². The molecule has 1 aliphatic rings. The van der Waals surface area contributed by atoms with Crippen molar-refractivity contribution in [3.8, 4) is 17.6 Å². The summed E-state index contributed by atoms with van der Waals surface area (Å²) < 4.78 is 5.83. The summed E-state index contributed by atoms with van der Waals surface area (Å²) in [5.74, 6) is 1.47. The van der Waals surface area contributed by atoms with E-state index in [2.05, 4.69) is 6.07 Å².